The van der Waals surface area contributed by atoms with Crippen LogP contribution in [0.5, 0.6) is 5.75 Å². The van der Waals surface area contributed by atoms with E-state index in [2.05, 4.69) is 11.1 Å². The normalized spacial score (nSPS) is 14.4. The Hall–Kier alpha value is -0.780. The van der Waals surface area contributed by atoms with Crippen molar-refractivity contribution in [1.29, 1.82) is 0 Å². The first-order chi connectivity index (χ1) is 6.88. The molecule has 0 saturated heterocycles. The molecule has 3 nitrogen and oxygen atoms in total. The van der Waals surface area contributed by atoms with Crippen molar-refractivity contribution in [3.63, 3.8) is 0 Å². The lowest BCUT2D eigenvalue weighted by Gasteiger charge is -1.96. The van der Waals surface area contributed by atoms with Crippen molar-refractivity contribution >= 4 is 33.5 Å². The summed E-state index contributed by atoms with van der Waals surface area (Å²) >= 11 is 2.84. The highest BCUT2D eigenvalue weighted by molar-refractivity contribution is 7.99. The van der Waals surface area contributed by atoms with Crippen molar-refractivity contribution in [2.75, 3.05) is 6.61 Å². The van der Waals surface area contributed by atoms with Crippen LogP contribution >= 0.6 is 23.3 Å². The smallest absolute Gasteiger partial charge is 0.165 e. The zero-order valence-corrected chi connectivity index (χ0v) is 8.95. The maximum absolute atomic E-state index is 5.49. The molecule has 14 heavy (non-hydrogen) atoms. The lowest BCUT2D eigenvalue weighted by atomic mass is 10.1. The van der Waals surface area contributed by atoms with Gasteiger partial charge in [-0.25, -0.2) is 4.98 Å². The van der Waals surface area contributed by atoms with E-state index in [1.165, 1.54) is 22.2 Å². The quantitative estimate of drug-likeness (QED) is 0.754. The minimum atomic E-state index is 0.775. The molecule has 3 rings (SSSR count). The van der Waals surface area contributed by atoms with Crippen LogP contribution in [0.3, 0.4) is 0 Å². The molecule has 1 aromatic heterocycles. The molecule has 5 heteroatoms. The molecule has 0 aliphatic carbocycles. The average Bonchev–Trinajstić information content (AvgIpc) is 2.82. The number of hydrogen-bond acceptors (Lipinski definition) is 5. The van der Waals surface area contributed by atoms with Crippen molar-refractivity contribution in [2.24, 2.45) is 5.14 Å². The van der Waals surface area contributed by atoms with Crippen LogP contribution in [0.1, 0.15) is 5.56 Å². The predicted molar refractivity (Wildman–Crippen MR) is 58.9 cm³/mol. The number of nitrogens with two attached hydrogens (primary N) is 1. The van der Waals surface area contributed by atoms with Crippen molar-refractivity contribution in [2.45, 2.75) is 10.8 Å². The second-order valence-electron chi connectivity index (χ2n) is 3.09. The van der Waals surface area contributed by atoms with Crippen LogP contribution in [0.2, 0.25) is 0 Å². The zero-order valence-electron chi connectivity index (χ0n) is 7.32. The summed E-state index contributed by atoms with van der Waals surface area (Å²) in [7, 11) is 0. The fourth-order valence-electron chi connectivity index (χ4n) is 1.70. The van der Waals surface area contributed by atoms with Gasteiger partial charge in [0.1, 0.15) is 5.75 Å². The van der Waals surface area contributed by atoms with Crippen LogP contribution in [0, 0.1) is 0 Å². The van der Waals surface area contributed by atoms with Crippen LogP contribution in [0.25, 0.3) is 10.2 Å². The summed E-state index contributed by atoms with van der Waals surface area (Å²) in [6.07, 6.45) is 0.963. The first kappa shape index (κ1) is 8.52. The van der Waals surface area contributed by atoms with E-state index in [0.717, 1.165) is 28.6 Å². The second-order valence-corrected chi connectivity index (χ2v) is 5.00. The Kier molecular flexibility index (Phi) is 1.90. The molecule has 0 unspecified atom stereocenters. The Balaban J connectivity index is 2.31. The SMILES string of the molecule is NSc1nc2c3c(ccc2s1)OCC3. The van der Waals surface area contributed by atoms with Crippen molar-refractivity contribution in [1.82, 2.24) is 4.98 Å². The molecule has 0 amide bonds. The van der Waals surface area contributed by atoms with Crippen molar-refractivity contribution < 1.29 is 4.74 Å². The number of rotatable bonds is 1. The number of aromatic nitrogens is 1. The van der Waals surface area contributed by atoms with Gasteiger partial charge in [0, 0.05) is 12.0 Å². The highest BCUT2D eigenvalue weighted by Crippen LogP contribution is 2.36. The number of fused-ring (bicyclic) bond motifs is 3. The van der Waals surface area contributed by atoms with E-state index in [1.807, 2.05) is 6.07 Å². The van der Waals surface area contributed by atoms with Gasteiger partial charge in [-0.2, -0.15) is 0 Å². The molecule has 1 aromatic carbocycles. The van der Waals surface area contributed by atoms with Crippen LogP contribution in [-0.4, -0.2) is 11.6 Å². The lowest BCUT2D eigenvalue weighted by molar-refractivity contribution is 0.357. The molecular weight excluding hydrogens is 216 g/mol. The Labute approximate surface area is 89.4 Å². The number of hydrogen-bond donors (Lipinski definition) is 1. The first-order valence-corrected chi connectivity index (χ1v) is 6.00. The number of benzene rings is 1. The van der Waals surface area contributed by atoms with Crippen LogP contribution in [0.4, 0.5) is 0 Å². The highest BCUT2D eigenvalue weighted by Gasteiger charge is 2.17. The summed E-state index contributed by atoms with van der Waals surface area (Å²) in [4.78, 5) is 4.48. The molecule has 1 aliphatic rings. The maximum atomic E-state index is 5.49. The van der Waals surface area contributed by atoms with E-state index in [1.54, 1.807) is 11.3 Å². The van der Waals surface area contributed by atoms with Gasteiger partial charge in [-0.15, -0.1) is 11.3 Å². The van der Waals surface area contributed by atoms with Gasteiger partial charge in [-0.3, -0.25) is 5.14 Å². The molecule has 2 aromatic rings. The molecule has 0 spiro atoms. The van der Waals surface area contributed by atoms with Crippen molar-refractivity contribution in [3.8, 4) is 5.75 Å². The number of thiazole rings is 1. The van der Waals surface area contributed by atoms with Gasteiger partial charge in [-0.05, 0) is 24.1 Å². The molecule has 0 radical (unpaired) electrons. The molecule has 2 N–H and O–H groups in total. The van der Waals surface area contributed by atoms with Gasteiger partial charge in [0.2, 0.25) is 0 Å². The van der Waals surface area contributed by atoms with Gasteiger partial charge in [0.15, 0.2) is 4.34 Å². The standard InChI is InChI=1S/C9H8N2OS2/c10-14-9-11-8-5-3-4-12-6(5)1-2-7(8)13-9/h1-2H,3-4,10H2. The third kappa shape index (κ3) is 1.13. The van der Waals surface area contributed by atoms with Gasteiger partial charge < -0.3 is 4.74 Å². The van der Waals surface area contributed by atoms with E-state index in [-0.39, 0.29) is 0 Å². The molecule has 2 heterocycles. The van der Waals surface area contributed by atoms with Gasteiger partial charge in [0.25, 0.3) is 0 Å². The molecule has 0 atom stereocenters. The minimum Gasteiger partial charge on any atom is -0.493 e. The first-order valence-electron chi connectivity index (χ1n) is 4.30. The predicted octanol–water partition coefficient (Wildman–Crippen LogP) is 2.20. The summed E-state index contributed by atoms with van der Waals surface area (Å²) < 4.78 is 7.59. The molecule has 72 valence electrons. The van der Waals surface area contributed by atoms with Crippen LogP contribution in [0.15, 0.2) is 16.5 Å². The highest BCUT2D eigenvalue weighted by atomic mass is 32.2. The Morgan fingerprint density at radius 3 is 3.29 bits per heavy atom. The van der Waals surface area contributed by atoms with E-state index in [4.69, 9.17) is 9.88 Å². The van der Waals surface area contributed by atoms with Gasteiger partial charge in [-0.1, -0.05) is 0 Å². The molecule has 0 saturated carbocycles. The monoisotopic (exact) mass is 224 g/mol. The third-order valence-corrected chi connectivity index (χ3v) is 3.96. The molecule has 0 bridgehead atoms. The lowest BCUT2D eigenvalue weighted by Crippen LogP contribution is -1.86. The third-order valence-electron chi connectivity index (χ3n) is 2.31. The average molecular weight is 224 g/mol. The van der Waals surface area contributed by atoms with E-state index in [0.29, 0.717) is 0 Å². The topological polar surface area (TPSA) is 48.1 Å². The van der Waals surface area contributed by atoms with Crippen molar-refractivity contribution in [3.05, 3.63) is 17.7 Å². The summed E-state index contributed by atoms with van der Waals surface area (Å²) in [5.41, 5.74) is 2.30. The fraction of sp³-hybridized carbons (Fsp3) is 0.222. The zero-order chi connectivity index (χ0) is 9.54. The van der Waals surface area contributed by atoms with Gasteiger partial charge in [0.05, 0.1) is 16.8 Å². The van der Waals surface area contributed by atoms with Gasteiger partial charge >= 0.3 is 0 Å². The largest absolute Gasteiger partial charge is 0.493 e. The Morgan fingerprint density at radius 1 is 1.50 bits per heavy atom. The molecular formula is C9H8N2OS2. The van der Waals surface area contributed by atoms with Crippen LogP contribution in [-0.2, 0) is 6.42 Å². The number of ether oxygens (including phenoxy) is 1. The van der Waals surface area contributed by atoms with E-state index in [9.17, 15) is 0 Å². The van der Waals surface area contributed by atoms with Crippen LogP contribution < -0.4 is 9.88 Å². The van der Waals surface area contributed by atoms with E-state index >= 15 is 0 Å². The summed E-state index contributed by atoms with van der Waals surface area (Å²) in [6.45, 7) is 0.775. The maximum Gasteiger partial charge on any atom is 0.165 e. The number of nitrogens with zero attached hydrogens (tertiary/aromatic N) is 1. The second kappa shape index (κ2) is 3.12. The molecule has 1 aliphatic heterocycles. The summed E-state index contributed by atoms with van der Waals surface area (Å²) in [6, 6.07) is 4.07. The Bertz CT molecular complexity index is 495. The fourth-order valence-corrected chi connectivity index (χ4v) is 3.03. The minimum absolute atomic E-state index is 0.775. The summed E-state index contributed by atoms with van der Waals surface area (Å²) in [5.74, 6) is 0.983. The van der Waals surface area contributed by atoms with E-state index < -0.39 is 0 Å². The summed E-state index contributed by atoms with van der Waals surface area (Å²) in [5, 5.41) is 5.49. The Morgan fingerprint density at radius 2 is 2.43 bits per heavy atom. The molecule has 0 fully saturated rings.